The summed E-state index contributed by atoms with van der Waals surface area (Å²) in [5.41, 5.74) is 2.08. The van der Waals surface area contributed by atoms with Crippen LogP contribution >= 0.6 is 0 Å². The quantitative estimate of drug-likeness (QED) is 0.729. The number of amides is 1. The number of rotatable bonds is 4. The van der Waals surface area contributed by atoms with Crippen molar-refractivity contribution < 1.29 is 14.3 Å². The molecule has 0 radical (unpaired) electrons. The van der Waals surface area contributed by atoms with E-state index in [0.29, 0.717) is 5.92 Å². The molecule has 5 nitrogen and oxygen atoms in total. The first-order valence-corrected chi connectivity index (χ1v) is 10.4. The molecule has 0 unspecified atom stereocenters. The molecule has 0 bridgehead atoms. The van der Waals surface area contributed by atoms with Gasteiger partial charge in [0.1, 0.15) is 11.9 Å². The van der Waals surface area contributed by atoms with Crippen molar-refractivity contribution in [3.8, 4) is 0 Å². The maximum absolute atomic E-state index is 12.1. The number of aldehydes is 1. The maximum Gasteiger partial charge on any atom is 0.410 e. The van der Waals surface area contributed by atoms with Crippen LogP contribution in [-0.2, 0) is 15.1 Å². The molecule has 0 spiro atoms. The number of piperidine rings is 1. The zero-order valence-corrected chi connectivity index (χ0v) is 17.9. The Balaban J connectivity index is 1.57. The largest absolute Gasteiger partial charge is 0.444 e. The van der Waals surface area contributed by atoms with E-state index in [9.17, 15) is 9.59 Å². The van der Waals surface area contributed by atoms with Gasteiger partial charge in [0.2, 0.25) is 0 Å². The van der Waals surface area contributed by atoms with Gasteiger partial charge in [0, 0.05) is 30.5 Å². The minimum Gasteiger partial charge on any atom is -0.444 e. The third-order valence-electron chi connectivity index (χ3n) is 6.14. The van der Waals surface area contributed by atoms with Gasteiger partial charge in [-0.15, -0.1) is 0 Å². The molecule has 28 heavy (non-hydrogen) atoms. The SMILES string of the molecule is CC(C)(C)OC(=O)N1CC(c2ccc(C(C)(C)N3CCC(C=O)CC3)cc2)C1. The highest BCUT2D eigenvalue weighted by Gasteiger charge is 2.35. The molecule has 1 aromatic rings. The first kappa shape index (κ1) is 20.8. The van der Waals surface area contributed by atoms with Crippen LogP contribution in [0.15, 0.2) is 24.3 Å². The van der Waals surface area contributed by atoms with Crippen LogP contribution < -0.4 is 0 Å². The van der Waals surface area contributed by atoms with Crippen molar-refractivity contribution >= 4 is 12.4 Å². The fourth-order valence-electron chi connectivity index (χ4n) is 4.11. The van der Waals surface area contributed by atoms with Crippen LogP contribution in [0.1, 0.15) is 64.5 Å². The summed E-state index contributed by atoms with van der Waals surface area (Å²) in [7, 11) is 0. The molecule has 2 aliphatic heterocycles. The molecule has 0 saturated carbocycles. The second kappa shape index (κ2) is 7.86. The van der Waals surface area contributed by atoms with Crippen LogP contribution in [0.25, 0.3) is 0 Å². The van der Waals surface area contributed by atoms with Gasteiger partial charge in [-0.2, -0.15) is 0 Å². The molecule has 1 amide bonds. The monoisotopic (exact) mass is 386 g/mol. The number of hydrogen-bond acceptors (Lipinski definition) is 4. The summed E-state index contributed by atoms with van der Waals surface area (Å²) in [6.45, 7) is 13.6. The average Bonchev–Trinajstić information content (AvgIpc) is 2.59. The van der Waals surface area contributed by atoms with Crippen molar-refractivity contribution in [2.75, 3.05) is 26.2 Å². The molecule has 1 aromatic carbocycles. The standard InChI is InChI=1S/C23H34N2O3/c1-22(2,3)28-21(27)24-14-19(15-24)18-6-8-20(9-7-18)23(4,5)25-12-10-17(16-26)11-13-25/h6-9,16-17,19H,10-15H2,1-5H3. The smallest absolute Gasteiger partial charge is 0.410 e. The first-order valence-electron chi connectivity index (χ1n) is 10.4. The molecule has 2 heterocycles. The summed E-state index contributed by atoms with van der Waals surface area (Å²) in [5.74, 6) is 0.606. The van der Waals surface area contributed by atoms with Gasteiger partial charge in [-0.1, -0.05) is 24.3 Å². The Morgan fingerprint density at radius 3 is 2.11 bits per heavy atom. The van der Waals surface area contributed by atoms with Crippen LogP contribution in [0.2, 0.25) is 0 Å². The predicted molar refractivity (Wildman–Crippen MR) is 110 cm³/mol. The minimum atomic E-state index is -0.449. The zero-order chi connectivity index (χ0) is 20.5. The zero-order valence-electron chi connectivity index (χ0n) is 17.9. The van der Waals surface area contributed by atoms with Gasteiger partial charge >= 0.3 is 6.09 Å². The molecule has 154 valence electrons. The molecule has 0 N–H and O–H groups in total. The normalized spacial score (nSPS) is 20.0. The van der Waals surface area contributed by atoms with Gasteiger partial charge in [-0.3, -0.25) is 4.90 Å². The summed E-state index contributed by atoms with van der Waals surface area (Å²) in [6, 6.07) is 8.84. The molecule has 5 heteroatoms. The minimum absolute atomic E-state index is 0.0471. The Morgan fingerprint density at radius 2 is 1.61 bits per heavy atom. The van der Waals surface area contributed by atoms with Crippen molar-refractivity contribution in [2.24, 2.45) is 5.92 Å². The summed E-state index contributed by atoms with van der Waals surface area (Å²) in [6.07, 6.45) is 2.79. The van der Waals surface area contributed by atoms with Gasteiger partial charge in [0.25, 0.3) is 0 Å². The molecule has 0 atom stereocenters. The number of carbonyl (C=O) groups is 2. The first-order chi connectivity index (χ1) is 13.1. The van der Waals surface area contributed by atoms with Gasteiger partial charge in [-0.25, -0.2) is 4.79 Å². The number of benzene rings is 1. The van der Waals surface area contributed by atoms with E-state index in [4.69, 9.17) is 4.74 Å². The Kier molecular flexibility index (Phi) is 5.85. The van der Waals surface area contributed by atoms with Crippen molar-refractivity contribution in [2.45, 2.75) is 64.5 Å². The Hall–Kier alpha value is -1.88. The molecule has 2 saturated heterocycles. The molecule has 2 fully saturated rings. The highest BCUT2D eigenvalue weighted by Crippen LogP contribution is 2.34. The number of ether oxygens (including phenoxy) is 1. The number of hydrogen-bond donors (Lipinski definition) is 0. The number of carbonyl (C=O) groups excluding carboxylic acids is 2. The average molecular weight is 387 g/mol. The lowest BCUT2D eigenvalue weighted by Gasteiger charge is -2.43. The van der Waals surface area contributed by atoms with E-state index in [1.807, 2.05) is 20.8 Å². The van der Waals surface area contributed by atoms with E-state index < -0.39 is 5.60 Å². The van der Waals surface area contributed by atoms with Crippen molar-refractivity contribution in [3.05, 3.63) is 35.4 Å². The third-order valence-corrected chi connectivity index (χ3v) is 6.14. The third kappa shape index (κ3) is 4.57. The highest BCUT2D eigenvalue weighted by atomic mass is 16.6. The van der Waals surface area contributed by atoms with Gasteiger partial charge < -0.3 is 14.4 Å². The highest BCUT2D eigenvalue weighted by molar-refractivity contribution is 5.69. The number of nitrogens with zero attached hydrogens (tertiary/aromatic N) is 2. The molecule has 2 aliphatic rings. The predicted octanol–water partition coefficient (Wildman–Crippen LogP) is 4.17. The summed E-state index contributed by atoms with van der Waals surface area (Å²) in [4.78, 5) is 27.4. The van der Waals surface area contributed by atoms with E-state index in [2.05, 4.69) is 43.0 Å². The topological polar surface area (TPSA) is 49.9 Å². The van der Waals surface area contributed by atoms with E-state index in [-0.39, 0.29) is 17.6 Å². The van der Waals surface area contributed by atoms with Crippen LogP contribution in [0.5, 0.6) is 0 Å². The van der Waals surface area contributed by atoms with Gasteiger partial charge in [-0.05, 0) is 71.7 Å². The second-order valence-electron chi connectivity index (χ2n) is 9.72. The van der Waals surface area contributed by atoms with Crippen LogP contribution in [0.4, 0.5) is 4.79 Å². The lowest BCUT2D eigenvalue weighted by Crippen LogP contribution is -2.50. The Labute approximate surface area is 169 Å². The van der Waals surface area contributed by atoms with E-state index in [0.717, 1.165) is 45.3 Å². The lowest BCUT2D eigenvalue weighted by atomic mass is 9.85. The number of likely N-dealkylation sites (tertiary alicyclic amines) is 2. The van der Waals surface area contributed by atoms with E-state index >= 15 is 0 Å². The summed E-state index contributed by atoms with van der Waals surface area (Å²) in [5, 5.41) is 0. The fraction of sp³-hybridized carbons (Fsp3) is 0.652. The molecule has 0 aromatic heterocycles. The molecule has 0 aliphatic carbocycles. The summed E-state index contributed by atoms with van der Waals surface area (Å²) < 4.78 is 5.43. The maximum atomic E-state index is 12.1. The van der Waals surface area contributed by atoms with Crippen molar-refractivity contribution in [3.63, 3.8) is 0 Å². The van der Waals surface area contributed by atoms with Crippen molar-refractivity contribution in [1.82, 2.24) is 9.80 Å². The molecular formula is C23H34N2O3. The molecular weight excluding hydrogens is 352 g/mol. The van der Waals surface area contributed by atoms with Crippen LogP contribution in [0, 0.1) is 5.92 Å². The van der Waals surface area contributed by atoms with Crippen molar-refractivity contribution in [1.29, 1.82) is 0 Å². The lowest BCUT2D eigenvalue weighted by molar-refractivity contribution is -0.112. The molecule has 3 rings (SSSR count). The van der Waals surface area contributed by atoms with E-state index in [1.165, 1.54) is 11.1 Å². The van der Waals surface area contributed by atoms with Crippen LogP contribution in [-0.4, -0.2) is 54.0 Å². The Morgan fingerprint density at radius 1 is 1.04 bits per heavy atom. The van der Waals surface area contributed by atoms with Gasteiger partial charge in [0.05, 0.1) is 0 Å². The Bertz CT molecular complexity index is 692. The van der Waals surface area contributed by atoms with Gasteiger partial charge in [0.15, 0.2) is 0 Å². The fourth-order valence-corrected chi connectivity index (χ4v) is 4.11. The van der Waals surface area contributed by atoms with Crippen LogP contribution in [0.3, 0.4) is 0 Å². The van der Waals surface area contributed by atoms with E-state index in [1.54, 1.807) is 4.90 Å². The summed E-state index contributed by atoms with van der Waals surface area (Å²) >= 11 is 0. The second-order valence-corrected chi connectivity index (χ2v) is 9.72.